The molecule has 0 aliphatic carbocycles. The van der Waals surface area contributed by atoms with E-state index in [0.29, 0.717) is 18.2 Å². The number of carbonyl (C=O) groups is 1. The topological polar surface area (TPSA) is 76.9 Å². The fourth-order valence-corrected chi connectivity index (χ4v) is 5.11. The molecule has 1 saturated heterocycles. The number of hydrogen-bond donors (Lipinski definition) is 2. The molecule has 9 heteroatoms. The molecule has 6 nitrogen and oxygen atoms in total. The summed E-state index contributed by atoms with van der Waals surface area (Å²) in [6, 6.07) is 6.55. The largest absolute Gasteiger partial charge is 0.488 e. The number of halogens is 2. The minimum Gasteiger partial charge on any atom is -0.488 e. The lowest BCUT2D eigenvalue weighted by atomic mass is 10.2. The van der Waals surface area contributed by atoms with E-state index in [0.717, 1.165) is 10.6 Å². The van der Waals surface area contributed by atoms with Crippen molar-refractivity contribution in [2.45, 2.75) is 11.4 Å². The Morgan fingerprint density at radius 3 is 2.58 bits per heavy atom. The van der Waals surface area contributed by atoms with Crippen molar-refractivity contribution in [3.8, 4) is 5.75 Å². The number of likely N-dealkylation sites (N-methyl/N-ethyl adjacent to an activating group) is 1. The maximum Gasteiger partial charge on any atom is 0.275 e. The van der Waals surface area contributed by atoms with Crippen molar-refractivity contribution in [2.24, 2.45) is 0 Å². The van der Waals surface area contributed by atoms with Crippen molar-refractivity contribution in [1.82, 2.24) is 5.32 Å². The van der Waals surface area contributed by atoms with Gasteiger partial charge < -0.3 is 15.0 Å². The first-order valence-corrected chi connectivity index (χ1v) is 10.2. The molecule has 1 aromatic carbocycles. The quantitative estimate of drug-likeness (QED) is 0.624. The van der Waals surface area contributed by atoms with Gasteiger partial charge >= 0.3 is 0 Å². The van der Waals surface area contributed by atoms with Crippen LogP contribution in [0.3, 0.4) is 0 Å². The first kappa shape index (κ1) is 19.3. The predicted molar refractivity (Wildman–Crippen MR) is 93.8 cm³/mol. The number of carbonyl (C=O) groups excluding carboxylic acids is 1. The summed E-state index contributed by atoms with van der Waals surface area (Å²) >= 11 is 11.8. The molecule has 134 valence electrons. The molecular formula is C15H21Cl2N2O4S+. The van der Waals surface area contributed by atoms with E-state index < -0.39 is 21.3 Å². The second-order valence-electron chi connectivity index (χ2n) is 5.95. The number of quaternary nitrogens is 1. The van der Waals surface area contributed by atoms with Gasteiger partial charge in [-0.3, -0.25) is 4.79 Å². The minimum atomic E-state index is -3.15. The molecule has 1 aliphatic rings. The Hall–Kier alpha value is -1.02. The predicted octanol–water partition coefficient (Wildman–Crippen LogP) is -0.246. The third-order valence-corrected chi connectivity index (χ3v) is 6.33. The number of alkyl halides is 1. The van der Waals surface area contributed by atoms with Crippen molar-refractivity contribution >= 4 is 38.9 Å². The molecule has 1 heterocycles. The molecule has 0 saturated carbocycles. The van der Waals surface area contributed by atoms with E-state index in [1.54, 1.807) is 24.3 Å². The third-order valence-electron chi connectivity index (χ3n) is 3.70. The second-order valence-corrected chi connectivity index (χ2v) is 9.10. The molecule has 2 rings (SSSR count). The van der Waals surface area contributed by atoms with Gasteiger partial charge in [-0.1, -0.05) is 11.6 Å². The lowest BCUT2D eigenvalue weighted by molar-refractivity contribution is -0.871. The highest BCUT2D eigenvalue weighted by Gasteiger charge is 2.37. The van der Waals surface area contributed by atoms with Crippen LogP contribution in [-0.2, 0) is 14.6 Å². The summed E-state index contributed by atoms with van der Waals surface area (Å²) < 4.78 is 28.6. The highest BCUT2D eigenvalue weighted by Crippen LogP contribution is 2.17. The van der Waals surface area contributed by atoms with Crippen LogP contribution in [0.25, 0.3) is 0 Å². The van der Waals surface area contributed by atoms with Gasteiger partial charge in [0.15, 0.2) is 16.4 Å². The SMILES string of the molecule is C[NH+](CCOc1ccc(Cl)cc1)CC(=O)N[C@H]1CS(=O)(=O)C[C@@H]1Cl. The van der Waals surface area contributed by atoms with Crippen molar-refractivity contribution in [1.29, 1.82) is 0 Å². The van der Waals surface area contributed by atoms with Crippen molar-refractivity contribution in [3.63, 3.8) is 0 Å². The Balaban J connectivity index is 1.69. The molecule has 24 heavy (non-hydrogen) atoms. The van der Waals surface area contributed by atoms with E-state index in [1.165, 1.54) is 0 Å². The average Bonchev–Trinajstić information content (AvgIpc) is 2.73. The lowest BCUT2D eigenvalue weighted by Gasteiger charge is -2.17. The molecule has 0 radical (unpaired) electrons. The average molecular weight is 396 g/mol. The molecule has 1 amide bonds. The first-order chi connectivity index (χ1) is 11.2. The maximum absolute atomic E-state index is 12.0. The molecule has 2 N–H and O–H groups in total. The van der Waals surface area contributed by atoms with Gasteiger partial charge in [0.25, 0.3) is 5.91 Å². The number of nitrogens with one attached hydrogen (secondary N) is 2. The van der Waals surface area contributed by atoms with E-state index >= 15 is 0 Å². The van der Waals surface area contributed by atoms with E-state index in [2.05, 4.69) is 5.32 Å². The Labute approximate surface area is 152 Å². The second kappa shape index (κ2) is 8.38. The summed E-state index contributed by atoms with van der Waals surface area (Å²) in [7, 11) is -1.28. The Morgan fingerprint density at radius 1 is 1.33 bits per heavy atom. The van der Waals surface area contributed by atoms with Gasteiger partial charge in [0, 0.05) is 5.02 Å². The van der Waals surface area contributed by atoms with Crippen LogP contribution in [0.15, 0.2) is 24.3 Å². The number of rotatable bonds is 7. The van der Waals surface area contributed by atoms with Gasteiger partial charge in [0.2, 0.25) is 0 Å². The fourth-order valence-electron chi connectivity index (χ4n) is 2.43. The summed E-state index contributed by atoms with van der Waals surface area (Å²) in [6.07, 6.45) is 0. The summed E-state index contributed by atoms with van der Waals surface area (Å²) in [5.74, 6) is 0.326. The van der Waals surface area contributed by atoms with Crippen molar-refractivity contribution in [3.05, 3.63) is 29.3 Å². The summed E-state index contributed by atoms with van der Waals surface area (Å²) in [4.78, 5) is 12.9. The van der Waals surface area contributed by atoms with Crippen molar-refractivity contribution < 1.29 is 22.8 Å². The van der Waals surface area contributed by atoms with Gasteiger partial charge in [0.05, 0.1) is 30.0 Å². The van der Waals surface area contributed by atoms with Crippen LogP contribution in [0, 0.1) is 0 Å². The van der Waals surface area contributed by atoms with Crippen LogP contribution in [0.5, 0.6) is 5.75 Å². The zero-order valence-corrected chi connectivity index (χ0v) is 15.6. The van der Waals surface area contributed by atoms with Crippen LogP contribution in [0.2, 0.25) is 5.02 Å². The number of ether oxygens (including phenoxy) is 1. The maximum atomic E-state index is 12.0. The minimum absolute atomic E-state index is 0.0862. The van der Waals surface area contributed by atoms with E-state index in [4.69, 9.17) is 27.9 Å². The van der Waals surface area contributed by atoms with E-state index in [9.17, 15) is 13.2 Å². The van der Waals surface area contributed by atoms with E-state index in [1.807, 2.05) is 7.05 Å². The standard InChI is InChI=1S/C15H20Cl2N2O4S/c1-19(6-7-23-12-4-2-11(16)3-5-12)8-15(20)18-14-10-24(21,22)9-13(14)17/h2-5,13-14H,6-10H2,1H3,(H,18,20)/p+1/t13-,14-/m0/s1. The molecular weight excluding hydrogens is 375 g/mol. The molecule has 0 spiro atoms. The molecule has 0 aromatic heterocycles. The first-order valence-electron chi connectivity index (χ1n) is 7.59. The van der Waals surface area contributed by atoms with Crippen LogP contribution in [0.4, 0.5) is 0 Å². The molecule has 1 aliphatic heterocycles. The van der Waals surface area contributed by atoms with Crippen LogP contribution < -0.4 is 15.0 Å². The molecule has 1 unspecified atom stereocenters. The molecule has 1 fully saturated rings. The number of amides is 1. The van der Waals surface area contributed by atoms with Gasteiger partial charge in [-0.05, 0) is 24.3 Å². The summed E-state index contributed by atoms with van der Waals surface area (Å²) in [5.41, 5.74) is 0. The van der Waals surface area contributed by atoms with Gasteiger partial charge in [-0.25, -0.2) is 8.42 Å². The highest BCUT2D eigenvalue weighted by molar-refractivity contribution is 7.91. The zero-order chi connectivity index (χ0) is 17.7. The molecule has 1 aromatic rings. The Morgan fingerprint density at radius 2 is 2.00 bits per heavy atom. The van der Waals surface area contributed by atoms with Crippen LogP contribution in [-0.4, -0.2) is 64.0 Å². The fraction of sp³-hybridized carbons (Fsp3) is 0.533. The summed E-state index contributed by atoms with van der Waals surface area (Å²) in [5, 5.41) is 2.79. The van der Waals surface area contributed by atoms with Gasteiger partial charge in [-0.15, -0.1) is 11.6 Å². The van der Waals surface area contributed by atoms with Crippen molar-refractivity contribution in [2.75, 3.05) is 38.2 Å². The van der Waals surface area contributed by atoms with Crippen LogP contribution in [0.1, 0.15) is 0 Å². The van der Waals surface area contributed by atoms with Crippen LogP contribution >= 0.6 is 23.2 Å². The van der Waals surface area contributed by atoms with Gasteiger partial charge in [-0.2, -0.15) is 0 Å². The Bertz CT molecular complexity index is 667. The number of sulfone groups is 1. The van der Waals surface area contributed by atoms with E-state index in [-0.39, 0.29) is 24.0 Å². The highest BCUT2D eigenvalue weighted by atomic mass is 35.5. The number of benzene rings is 1. The van der Waals surface area contributed by atoms with Gasteiger partial charge in [0.1, 0.15) is 18.9 Å². The smallest absolute Gasteiger partial charge is 0.275 e. The zero-order valence-electron chi connectivity index (χ0n) is 13.3. The monoisotopic (exact) mass is 395 g/mol. The lowest BCUT2D eigenvalue weighted by Crippen LogP contribution is -3.10. The Kier molecular flexibility index (Phi) is 6.74. The number of hydrogen-bond acceptors (Lipinski definition) is 4. The summed E-state index contributed by atoms with van der Waals surface area (Å²) in [6.45, 7) is 1.31. The molecule has 0 bridgehead atoms. The third kappa shape index (κ3) is 6.12. The molecule has 3 atom stereocenters. The normalized spacial score (nSPS) is 23.6.